The third-order valence-corrected chi connectivity index (χ3v) is 5.44. The molecule has 136 valence electrons. The summed E-state index contributed by atoms with van der Waals surface area (Å²) in [5.41, 5.74) is -0.235. The summed E-state index contributed by atoms with van der Waals surface area (Å²) in [5.74, 6) is -0.707. The second kappa shape index (κ2) is 7.17. The first-order valence-corrected chi connectivity index (χ1v) is 8.62. The molecule has 0 spiro atoms. The van der Waals surface area contributed by atoms with Crippen LogP contribution in [0.4, 0.5) is 19.4 Å². The Morgan fingerprint density at radius 3 is 2.85 bits per heavy atom. The van der Waals surface area contributed by atoms with Gasteiger partial charge >= 0.3 is 12.2 Å². The number of carboxylic acid groups (broad SMARTS) is 1. The Bertz CT molecular complexity index is 939. The highest BCUT2D eigenvalue weighted by molar-refractivity contribution is 9.10. The number of aromatic nitrogens is 2. The van der Waals surface area contributed by atoms with Crippen molar-refractivity contribution in [3.63, 3.8) is 0 Å². The van der Waals surface area contributed by atoms with E-state index < -0.39 is 24.0 Å². The number of benzene rings is 1. The molecule has 1 aliphatic rings. The van der Waals surface area contributed by atoms with E-state index in [9.17, 15) is 18.7 Å². The Morgan fingerprint density at radius 2 is 2.19 bits per heavy atom. The van der Waals surface area contributed by atoms with Crippen molar-refractivity contribution in [2.45, 2.75) is 12.5 Å². The van der Waals surface area contributed by atoms with E-state index in [0.29, 0.717) is 0 Å². The maximum atomic E-state index is 14.4. The fraction of sp³-hybridized carbons (Fsp3) is 0.333. The summed E-state index contributed by atoms with van der Waals surface area (Å²) in [7, 11) is 0. The van der Waals surface area contributed by atoms with Gasteiger partial charge in [-0.15, -0.1) is 0 Å². The zero-order valence-electron chi connectivity index (χ0n) is 13.1. The van der Waals surface area contributed by atoms with Crippen LogP contribution in [0.5, 0.6) is 0 Å². The monoisotopic (exact) mass is 445 g/mol. The normalized spacial score (nSPS) is 17.4. The van der Waals surface area contributed by atoms with Crippen LogP contribution in [0.1, 0.15) is 6.42 Å². The Kier molecular flexibility index (Phi) is 5.11. The van der Waals surface area contributed by atoms with Gasteiger partial charge in [0.15, 0.2) is 5.82 Å². The topological polar surface area (TPSA) is 93.4 Å². The lowest BCUT2D eigenvalue weighted by atomic mass is 10.1. The van der Waals surface area contributed by atoms with Crippen LogP contribution in [0.15, 0.2) is 10.5 Å². The number of fused-ring (bicyclic) bond motifs is 1. The van der Waals surface area contributed by atoms with Crippen molar-refractivity contribution in [1.29, 1.82) is 5.26 Å². The molecule has 2 aromatic rings. The Balaban J connectivity index is 2.08. The minimum Gasteiger partial charge on any atom is -0.465 e. The standard InChI is InChI=1S/C15H11BrClF2N5O2/c16-10-9(17)5-8-12(11(10)18)21-14(19)22-13(8)23-3-4-24(15(25)26)7(6-23)1-2-20/h5,7H,1,3-4,6H2,(H,25,26)/t7-/m0/s1. The first-order chi connectivity index (χ1) is 12.3. The van der Waals surface area contributed by atoms with Crippen LogP contribution in [0.3, 0.4) is 0 Å². The molecule has 1 N–H and O–H groups in total. The van der Waals surface area contributed by atoms with E-state index in [4.69, 9.17) is 16.9 Å². The van der Waals surface area contributed by atoms with Gasteiger partial charge in [-0.2, -0.15) is 19.6 Å². The van der Waals surface area contributed by atoms with E-state index in [0.717, 1.165) is 4.90 Å². The van der Waals surface area contributed by atoms with Crippen molar-refractivity contribution in [2.24, 2.45) is 0 Å². The molecule has 1 aromatic heterocycles. The summed E-state index contributed by atoms with van der Waals surface area (Å²) in [6, 6.07) is 2.75. The van der Waals surface area contributed by atoms with Gasteiger partial charge in [0.1, 0.15) is 11.3 Å². The second-order valence-electron chi connectivity index (χ2n) is 5.64. The summed E-state index contributed by atoms with van der Waals surface area (Å²) in [6.45, 7) is 0.414. The smallest absolute Gasteiger partial charge is 0.407 e. The molecule has 0 radical (unpaired) electrons. The Morgan fingerprint density at radius 1 is 1.46 bits per heavy atom. The zero-order valence-corrected chi connectivity index (χ0v) is 15.4. The largest absolute Gasteiger partial charge is 0.465 e. The summed E-state index contributed by atoms with van der Waals surface area (Å²) in [5, 5.41) is 18.5. The van der Waals surface area contributed by atoms with Crippen molar-refractivity contribution in [3.8, 4) is 6.07 Å². The number of hydrogen-bond donors (Lipinski definition) is 1. The predicted octanol–water partition coefficient (Wildman–Crippen LogP) is 3.41. The van der Waals surface area contributed by atoms with Gasteiger partial charge in [0.25, 0.3) is 0 Å². The van der Waals surface area contributed by atoms with E-state index in [1.165, 1.54) is 6.07 Å². The molecule has 3 rings (SSSR count). The molecule has 26 heavy (non-hydrogen) atoms. The molecule has 1 aliphatic heterocycles. The highest BCUT2D eigenvalue weighted by Crippen LogP contribution is 2.35. The van der Waals surface area contributed by atoms with Gasteiger partial charge in [-0.1, -0.05) is 11.6 Å². The fourth-order valence-corrected chi connectivity index (χ4v) is 3.45. The SMILES string of the molecule is N#CC[C@H]1CN(c2nc(F)nc3c(F)c(Br)c(Cl)cc23)CCN1C(=O)O. The maximum Gasteiger partial charge on any atom is 0.407 e. The Hall–Kier alpha value is -2.25. The van der Waals surface area contributed by atoms with Crippen molar-refractivity contribution >= 4 is 50.3 Å². The molecule has 1 aromatic carbocycles. The number of hydrogen-bond acceptors (Lipinski definition) is 5. The average Bonchev–Trinajstić information content (AvgIpc) is 2.60. The molecule has 0 bridgehead atoms. The predicted molar refractivity (Wildman–Crippen MR) is 93.1 cm³/mol. The summed E-state index contributed by atoms with van der Waals surface area (Å²) in [4.78, 5) is 21.3. The number of amides is 1. The molecule has 0 saturated carbocycles. The minimum absolute atomic E-state index is 0.0328. The number of carbonyl (C=O) groups is 1. The van der Waals surface area contributed by atoms with E-state index in [2.05, 4.69) is 25.9 Å². The quantitative estimate of drug-likeness (QED) is 0.561. The second-order valence-corrected chi connectivity index (χ2v) is 6.84. The number of rotatable bonds is 2. The molecule has 1 amide bonds. The molecule has 1 atom stereocenters. The molecule has 0 aliphatic carbocycles. The van der Waals surface area contributed by atoms with Crippen LogP contribution >= 0.6 is 27.5 Å². The molecule has 1 fully saturated rings. The first-order valence-electron chi connectivity index (χ1n) is 7.45. The third kappa shape index (κ3) is 3.24. The number of halogens is 4. The molecule has 11 heteroatoms. The van der Waals surface area contributed by atoms with E-state index >= 15 is 0 Å². The highest BCUT2D eigenvalue weighted by atomic mass is 79.9. The van der Waals surface area contributed by atoms with Crippen LogP contribution in [0.2, 0.25) is 5.02 Å². The van der Waals surface area contributed by atoms with E-state index in [-0.39, 0.29) is 52.3 Å². The number of anilines is 1. The minimum atomic E-state index is -1.14. The molecule has 2 heterocycles. The van der Waals surface area contributed by atoms with Gasteiger partial charge in [0, 0.05) is 25.0 Å². The number of nitriles is 1. The van der Waals surface area contributed by atoms with Crippen LogP contribution < -0.4 is 4.90 Å². The van der Waals surface area contributed by atoms with Gasteiger partial charge in [0.05, 0.1) is 28.0 Å². The summed E-state index contributed by atoms with van der Waals surface area (Å²) in [6.07, 6.45) is -2.28. The van der Waals surface area contributed by atoms with Crippen molar-refractivity contribution < 1.29 is 18.7 Å². The van der Waals surface area contributed by atoms with Crippen molar-refractivity contribution in [1.82, 2.24) is 14.9 Å². The molecule has 7 nitrogen and oxygen atoms in total. The van der Waals surface area contributed by atoms with Gasteiger partial charge < -0.3 is 14.9 Å². The number of piperazine rings is 1. The van der Waals surface area contributed by atoms with Gasteiger partial charge in [-0.05, 0) is 22.0 Å². The maximum absolute atomic E-state index is 14.4. The lowest BCUT2D eigenvalue weighted by Gasteiger charge is -2.39. The number of nitrogens with zero attached hydrogens (tertiary/aromatic N) is 5. The average molecular weight is 447 g/mol. The first kappa shape index (κ1) is 18.5. The van der Waals surface area contributed by atoms with E-state index in [1.54, 1.807) is 4.90 Å². The fourth-order valence-electron chi connectivity index (χ4n) is 2.95. The van der Waals surface area contributed by atoms with Crippen LogP contribution in [0, 0.1) is 23.2 Å². The Labute approximate surface area is 159 Å². The highest BCUT2D eigenvalue weighted by Gasteiger charge is 2.32. The van der Waals surface area contributed by atoms with E-state index in [1.807, 2.05) is 6.07 Å². The molecular weight excluding hydrogens is 436 g/mol. The van der Waals surface area contributed by atoms with Crippen LogP contribution in [-0.4, -0.2) is 51.7 Å². The lowest BCUT2D eigenvalue weighted by molar-refractivity contribution is 0.119. The van der Waals surface area contributed by atoms with Gasteiger partial charge in [0.2, 0.25) is 0 Å². The van der Waals surface area contributed by atoms with Gasteiger partial charge in [-0.25, -0.2) is 9.18 Å². The van der Waals surface area contributed by atoms with Crippen LogP contribution in [-0.2, 0) is 0 Å². The molecular formula is C15H11BrClF2N5O2. The zero-order chi connectivity index (χ0) is 19.0. The van der Waals surface area contributed by atoms with Gasteiger partial charge in [-0.3, -0.25) is 0 Å². The van der Waals surface area contributed by atoms with Crippen molar-refractivity contribution in [2.75, 3.05) is 24.5 Å². The molecule has 0 unspecified atom stereocenters. The molecule has 1 saturated heterocycles. The van der Waals surface area contributed by atoms with Crippen LogP contribution in [0.25, 0.3) is 10.9 Å². The van der Waals surface area contributed by atoms with Crippen molar-refractivity contribution in [3.05, 3.63) is 27.5 Å². The lowest BCUT2D eigenvalue weighted by Crippen LogP contribution is -2.55. The summed E-state index contributed by atoms with van der Waals surface area (Å²) < 4.78 is 28.3. The summed E-state index contributed by atoms with van der Waals surface area (Å²) >= 11 is 8.99. The third-order valence-electron chi connectivity index (χ3n) is 4.13.